The molecule has 7 heteroatoms. The van der Waals surface area contributed by atoms with Crippen molar-refractivity contribution < 1.29 is 9.53 Å². The number of hydrogen-bond acceptors (Lipinski definition) is 5. The summed E-state index contributed by atoms with van der Waals surface area (Å²) in [5.74, 6) is 0.297. The van der Waals surface area contributed by atoms with Crippen LogP contribution in [-0.2, 0) is 4.74 Å². The summed E-state index contributed by atoms with van der Waals surface area (Å²) in [4.78, 5) is 11.5. The molecule has 0 radical (unpaired) electrons. The molecule has 0 aliphatic carbocycles. The highest BCUT2D eigenvalue weighted by Crippen LogP contribution is 2.31. The summed E-state index contributed by atoms with van der Waals surface area (Å²) in [5.41, 5.74) is 0.939. The summed E-state index contributed by atoms with van der Waals surface area (Å²) in [6.07, 6.45) is -0.506. The molecule has 106 valence electrons. The van der Waals surface area contributed by atoms with Crippen LogP contribution in [0.3, 0.4) is 0 Å². The van der Waals surface area contributed by atoms with E-state index in [2.05, 4.69) is 31.4 Å². The third-order valence-corrected chi connectivity index (χ3v) is 3.85. The van der Waals surface area contributed by atoms with Crippen LogP contribution < -0.4 is 5.32 Å². The molecule has 0 aliphatic rings. The number of anilines is 1. The molecule has 0 aliphatic heterocycles. The zero-order valence-electron chi connectivity index (χ0n) is 11.1. The Morgan fingerprint density at radius 2 is 2.15 bits per heavy atom. The molecule has 20 heavy (non-hydrogen) atoms. The summed E-state index contributed by atoms with van der Waals surface area (Å²) in [5, 5.41) is 11.7. The van der Waals surface area contributed by atoms with Gasteiger partial charge in [0.25, 0.3) is 0 Å². The van der Waals surface area contributed by atoms with Crippen LogP contribution in [-0.4, -0.2) is 22.9 Å². The van der Waals surface area contributed by atoms with Gasteiger partial charge >= 0.3 is 6.09 Å². The van der Waals surface area contributed by atoms with Crippen LogP contribution in [0.4, 0.5) is 9.93 Å². The number of ether oxygens (including phenoxy) is 1. The molecule has 0 saturated carbocycles. The van der Waals surface area contributed by atoms with Crippen LogP contribution in [0.15, 0.2) is 28.7 Å². The standard InChI is InChI=1S/C13H14BrN3O2S/c1-8(2)7-19-13(18)15-12-17-16-11(20-12)9-5-3-4-6-10(9)14/h3-6,8H,7H2,1-2H3,(H,15,17,18). The van der Waals surface area contributed by atoms with E-state index in [1.165, 1.54) is 11.3 Å². The number of nitrogens with zero attached hydrogens (tertiary/aromatic N) is 2. The Hall–Kier alpha value is -1.47. The van der Waals surface area contributed by atoms with Crippen molar-refractivity contribution in [2.75, 3.05) is 11.9 Å². The second-order valence-corrected chi connectivity index (χ2v) is 6.34. The van der Waals surface area contributed by atoms with Gasteiger partial charge in [-0.15, -0.1) is 10.2 Å². The SMILES string of the molecule is CC(C)COC(=O)Nc1nnc(-c2ccccc2Br)s1. The van der Waals surface area contributed by atoms with Gasteiger partial charge in [0.15, 0.2) is 5.01 Å². The fourth-order valence-corrected chi connectivity index (χ4v) is 2.76. The average Bonchev–Trinajstić information content (AvgIpc) is 2.85. The molecule has 1 amide bonds. The Morgan fingerprint density at radius 1 is 1.40 bits per heavy atom. The number of aromatic nitrogens is 2. The monoisotopic (exact) mass is 355 g/mol. The molecule has 0 atom stereocenters. The number of carbonyl (C=O) groups is 1. The zero-order chi connectivity index (χ0) is 14.5. The van der Waals surface area contributed by atoms with Crippen molar-refractivity contribution in [2.24, 2.45) is 5.92 Å². The number of amides is 1. The van der Waals surface area contributed by atoms with Crippen LogP contribution in [0.25, 0.3) is 10.6 Å². The van der Waals surface area contributed by atoms with Gasteiger partial charge in [-0.25, -0.2) is 4.79 Å². The highest BCUT2D eigenvalue weighted by Gasteiger charge is 2.12. The second-order valence-electron chi connectivity index (χ2n) is 4.51. The third-order valence-electron chi connectivity index (χ3n) is 2.29. The molecule has 0 bridgehead atoms. The number of benzene rings is 1. The molecule has 1 heterocycles. The van der Waals surface area contributed by atoms with Crippen molar-refractivity contribution in [3.05, 3.63) is 28.7 Å². The first-order chi connectivity index (χ1) is 9.56. The van der Waals surface area contributed by atoms with Gasteiger partial charge in [-0.05, 0) is 12.0 Å². The van der Waals surface area contributed by atoms with Gasteiger partial charge in [0, 0.05) is 10.0 Å². The molecular formula is C13H14BrN3O2S. The van der Waals surface area contributed by atoms with Crippen LogP contribution in [0, 0.1) is 5.92 Å². The largest absolute Gasteiger partial charge is 0.449 e. The van der Waals surface area contributed by atoms with Gasteiger partial charge < -0.3 is 4.74 Å². The second kappa shape index (κ2) is 6.81. The lowest BCUT2D eigenvalue weighted by molar-refractivity contribution is 0.147. The van der Waals surface area contributed by atoms with Crippen LogP contribution in [0.1, 0.15) is 13.8 Å². The molecule has 2 rings (SSSR count). The van der Waals surface area contributed by atoms with E-state index in [0.29, 0.717) is 17.7 Å². The number of hydrogen-bond donors (Lipinski definition) is 1. The average molecular weight is 356 g/mol. The molecule has 1 N–H and O–H groups in total. The quantitative estimate of drug-likeness (QED) is 0.893. The van der Waals surface area contributed by atoms with Gasteiger partial charge in [-0.3, -0.25) is 5.32 Å². The smallest absolute Gasteiger partial charge is 0.413 e. The van der Waals surface area contributed by atoms with E-state index >= 15 is 0 Å². The number of nitrogens with one attached hydrogen (secondary N) is 1. The molecule has 2 aromatic rings. The Labute approximate surface area is 129 Å². The van der Waals surface area contributed by atoms with Crippen molar-refractivity contribution in [3.8, 4) is 10.6 Å². The topological polar surface area (TPSA) is 64.1 Å². The normalized spacial score (nSPS) is 10.6. The van der Waals surface area contributed by atoms with Crippen molar-refractivity contribution >= 4 is 38.5 Å². The van der Waals surface area contributed by atoms with E-state index in [1.807, 2.05) is 38.1 Å². The lowest BCUT2D eigenvalue weighted by Crippen LogP contribution is -2.16. The fraction of sp³-hybridized carbons (Fsp3) is 0.308. The molecule has 1 aromatic carbocycles. The van der Waals surface area contributed by atoms with E-state index < -0.39 is 6.09 Å². The first kappa shape index (κ1) is 14.9. The first-order valence-electron chi connectivity index (χ1n) is 6.08. The maximum Gasteiger partial charge on any atom is 0.413 e. The van der Waals surface area contributed by atoms with Crippen LogP contribution in [0.5, 0.6) is 0 Å². The lowest BCUT2D eigenvalue weighted by Gasteiger charge is -2.06. The fourth-order valence-electron chi connectivity index (χ4n) is 1.38. The van der Waals surface area contributed by atoms with Gasteiger partial charge in [-0.2, -0.15) is 0 Å². The Balaban J connectivity index is 2.03. The van der Waals surface area contributed by atoms with Crippen LogP contribution >= 0.6 is 27.3 Å². The first-order valence-corrected chi connectivity index (χ1v) is 7.69. The molecule has 5 nitrogen and oxygen atoms in total. The molecule has 0 saturated heterocycles. The Morgan fingerprint density at radius 3 is 2.85 bits per heavy atom. The lowest BCUT2D eigenvalue weighted by atomic mass is 10.2. The zero-order valence-corrected chi connectivity index (χ0v) is 13.5. The van der Waals surface area contributed by atoms with E-state index in [1.54, 1.807) is 0 Å². The number of carbonyl (C=O) groups excluding carboxylic acids is 1. The van der Waals surface area contributed by atoms with E-state index in [9.17, 15) is 4.79 Å². The highest BCUT2D eigenvalue weighted by molar-refractivity contribution is 9.10. The van der Waals surface area contributed by atoms with E-state index in [4.69, 9.17) is 4.74 Å². The summed E-state index contributed by atoms with van der Waals surface area (Å²) in [7, 11) is 0. The molecule has 0 spiro atoms. The molecular weight excluding hydrogens is 342 g/mol. The van der Waals surface area contributed by atoms with Gasteiger partial charge in [0.05, 0.1) is 6.61 Å². The van der Waals surface area contributed by atoms with Crippen molar-refractivity contribution in [1.82, 2.24) is 10.2 Å². The van der Waals surface area contributed by atoms with E-state index in [-0.39, 0.29) is 0 Å². The summed E-state index contributed by atoms with van der Waals surface area (Å²) < 4.78 is 5.96. The van der Waals surface area contributed by atoms with Crippen molar-refractivity contribution in [1.29, 1.82) is 0 Å². The molecule has 0 unspecified atom stereocenters. The predicted octanol–water partition coefficient (Wildman–Crippen LogP) is 4.17. The Kier molecular flexibility index (Phi) is 5.08. The molecule has 0 fully saturated rings. The van der Waals surface area contributed by atoms with Gasteiger partial charge in [0.1, 0.15) is 0 Å². The van der Waals surface area contributed by atoms with Crippen molar-refractivity contribution in [3.63, 3.8) is 0 Å². The number of rotatable bonds is 4. The van der Waals surface area contributed by atoms with Gasteiger partial charge in [-0.1, -0.05) is 59.3 Å². The van der Waals surface area contributed by atoms with E-state index in [0.717, 1.165) is 15.0 Å². The minimum Gasteiger partial charge on any atom is -0.449 e. The predicted molar refractivity (Wildman–Crippen MR) is 82.9 cm³/mol. The highest BCUT2D eigenvalue weighted by atomic mass is 79.9. The van der Waals surface area contributed by atoms with Gasteiger partial charge in [0.2, 0.25) is 5.13 Å². The number of halogens is 1. The third kappa shape index (κ3) is 4.01. The van der Waals surface area contributed by atoms with Crippen molar-refractivity contribution in [2.45, 2.75) is 13.8 Å². The minimum absolute atomic E-state index is 0.297. The summed E-state index contributed by atoms with van der Waals surface area (Å²) in [6, 6.07) is 7.72. The summed E-state index contributed by atoms with van der Waals surface area (Å²) in [6.45, 7) is 4.33. The molecule has 1 aromatic heterocycles. The maximum atomic E-state index is 11.5. The maximum absolute atomic E-state index is 11.5. The minimum atomic E-state index is -0.506. The Bertz CT molecular complexity index is 601. The van der Waals surface area contributed by atoms with Crippen LogP contribution in [0.2, 0.25) is 0 Å². The summed E-state index contributed by atoms with van der Waals surface area (Å²) >= 11 is 4.76.